The number of sulfonamides is 1. The highest BCUT2D eigenvalue weighted by Gasteiger charge is 2.21. The number of H-pyrrole nitrogens is 2. The highest BCUT2D eigenvalue weighted by Crippen LogP contribution is 2.17. The van der Waals surface area contributed by atoms with E-state index in [9.17, 15) is 18.0 Å². The number of carbonyl (C=O) groups excluding carboxylic acids is 1. The predicted octanol–water partition coefficient (Wildman–Crippen LogP) is -1.62. The van der Waals surface area contributed by atoms with Crippen molar-refractivity contribution in [2.75, 3.05) is 17.9 Å². The number of guanidine groups is 1. The van der Waals surface area contributed by atoms with Crippen LogP contribution >= 0.6 is 0 Å². The Morgan fingerprint density at radius 1 is 1.31 bits per heavy atom. The summed E-state index contributed by atoms with van der Waals surface area (Å²) in [5.74, 6) is -0.313. The SMILES string of the molecule is Cc1cc(CC(=O)NCCON=C(N)N)c(NS(=O)(=O)c2cnc(C)[nH]2)c(=O)[nH]1. The second kappa shape index (κ2) is 9.09. The van der Waals surface area contributed by atoms with E-state index < -0.39 is 21.5 Å². The lowest BCUT2D eigenvalue weighted by atomic mass is 10.1. The number of pyridine rings is 1. The van der Waals surface area contributed by atoms with Crippen molar-refractivity contribution in [2.45, 2.75) is 25.3 Å². The predicted molar refractivity (Wildman–Crippen MR) is 104 cm³/mol. The fourth-order valence-electron chi connectivity index (χ4n) is 2.32. The second-order valence-corrected chi connectivity index (χ2v) is 7.65. The molecule has 0 aliphatic rings. The van der Waals surface area contributed by atoms with E-state index in [-0.39, 0.29) is 41.8 Å². The zero-order chi connectivity index (χ0) is 21.6. The van der Waals surface area contributed by atoms with Crippen molar-refractivity contribution in [2.24, 2.45) is 16.6 Å². The van der Waals surface area contributed by atoms with Gasteiger partial charge >= 0.3 is 0 Å². The molecule has 0 atom stereocenters. The molecule has 0 aliphatic heterocycles. The molecular weight excluding hydrogens is 404 g/mol. The number of nitrogens with two attached hydrogens (primary N) is 2. The van der Waals surface area contributed by atoms with E-state index in [0.29, 0.717) is 11.5 Å². The van der Waals surface area contributed by atoms with E-state index in [2.05, 4.69) is 30.1 Å². The summed E-state index contributed by atoms with van der Waals surface area (Å²) in [4.78, 5) is 38.1. The van der Waals surface area contributed by atoms with E-state index in [1.54, 1.807) is 13.8 Å². The Morgan fingerprint density at radius 3 is 2.66 bits per heavy atom. The number of anilines is 1. The number of oxime groups is 1. The fraction of sp³-hybridized carbons (Fsp3) is 0.333. The van der Waals surface area contributed by atoms with Gasteiger partial charge in [0, 0.05) is 5.69 Å². The van der Waals surface area contributed by atoms with Gasteiger partial charge in [-0.1, -0.05) is 0 Å². The highest BCUT2D eigenvalue weighted by atomic mass is 32.2. The molecule has 0 saturated carbocycles. The zero-order valence-electron chi connectivity index (χ0n) is 15.8. The van der Waals surface area contributed by atoms with E-state index in [0.717, 1.165) is 6.20 Å². The normalized spacial score (nSPS) is 11.0. The van der Waals surface area contributed by atoms with Crippen molar-refractivity contribution in [3.05, 3.63) is 39.7 Å². The van der Waals surface area contributed by atoms with Gasteiger partial charge in [0.05, 0.1) is 19.2 Å². The van der Waals surface area contributed by atoms with Gasteiger partial charge in [0.25, 0.3) is 15.6 Å². The lowest BCUT2D eigenvalue weighted by Gasteiger charge is -2.12. The third-order valence-corrected chi connectivity index (χ3v) is 4.75. The van der Waals surface area contributed by atoms with Gasteiger partial charge in [0.2, 0.25) is 11.9 Å². The summed E-state index contributed by atoms with van der Waals surface area (Å²) in [6.07, 6.45) is 0.885. The lowest BCUT2D eigenvalue weighted by Crippen LogP contribution is -2.30. The Hall–Kier alpha value is -3.55. The largest absolute Gasteiger partial charge is 0.391 e. The number of aromatic amines is 2. The van der Waals surface area contributed by atoms with Crippen LogP contribution in [0.1, 0.15) is 17.1 Å². The van der Waals surface area contributed by atoms with Crippen LogP contribution in [-0.2, 0) is 26.1 Å². The third-order valence-electron chi connectivity index (χ3n) is 3.49. The van der Waals surface area contributed by atoms with Crippen LogP contribution in [0.4, 0.5) is 5.69 Å². The van der Waals surface area contributed by atoms with Gasteiger partial charge in [0.1, 0.15) is 18.1 Å². The number of imidazole rings is 1. The number of rotatable bonds is 9. The summed E-state index contributed by atoms with van der Waals surface area (Å²) in [5, 5.41) is 5.65. The molecule has 2 heterocycles. The summed E-state index contributed by atoms with van der Waals surface area (Å²) in [7, 11) is -4.10. The highest BCUT2D eigenvalue weighted by molar-refractivity contribution is 7.92. The summed E-state index contributed by atoms with van der Waals surface area (Å²) >= 11 is 0. The van der Waals surface area contributed by atoms with Crippen LogP contribution < -0.4 is 27.1 Å². The van der Waals surface area contributed by atoms with Crippen molar-refractivity contribution in [1.82, 2.24) is 20.3 Å². The minimum atomic E-state index is -4.10. The van der Waals surface area contributed by atoms with Gasteiger partial charge in [0.15, 0.2) is 5.03 Å². The molecule has 0 aliphatic carbocycles. The van der Waals surface area contributed by atoms with E-state index in [1.807, 2.05) is 0 Å². The second-order valence-electron chi connectivity index (χ2n) is 6.00. The average Bonchev–Trinajstić information content (AvgIpc) is 3.05. The van der Waals surface area contributed by atoms with Crippen LogP contribution in [0.2, 0.25) is 0 Å². The number of aromatic nitrogens is 3. The quantitative estimate of drug-likeness (QED) is 0.118. The first kappa shape index (κ1) is 21.7. The van der Waals surface area contributed by atoms with Crippen molar-refractivity contribution in [3.8, 4) is 0 Å². The van der Waals surface area contributed by atoms with E-state index in [1.165, 1.54) is 6.07 Å². The number of nitrogens with zero attached hydrogens (tertiary/aromatic N) is 2. The van der Waals surface area contributed by atoms with Crippen LogP contribution in [0, 0.1) is 13.8 Å². The number of aryl methyl sites for hydroxylation is 2. The first-order valence-electron chi connectivity index (χ1n) is 8.33. The maximum absolute atomic E-state index is 12.5. The monoisotopic (exact) mass is 426 g/mol. The van der Waals surface area contributed by atoms with E-state index >= 15 is 0 Å². The van der Waals surface area contributed by atoms with Gasteiger partial charge in [-0.15, -0.1) is 0 Å². The Bertz CT molecular complexity index is 1070. The number of amides is 1. The molecule has 14 heteroatoms. The molecule has 0 saturated heterocycles. The van der Waals surface area contributed by atoms with Crippen molar-refractivity contribution in [1.29, 1.82) is 0 Å². The van der Waals surface area contributed by atoms with Crippen LogP contribution in [0.5, 0.6) is 0 Å². The summed E-state index contributed by atoms with van der Waals surface area (Å²) in [6.45, 7) is 3.33. The molecule has 0 fully saturated rings. The fourth-order valence-corrected chi connectivity index (χ4v) is 3.40. The molecule has 2 aromatic heterocycles. The summed E-state index contributed by atoms with van der Waals surface area (Å²) < 4.78 is 27.2. The molecule has 0 spiro atoms. The summed E-state index contributed by atoms with van der Waals surface area (Å²) in [5.41, 5.74) is 9.93. The number of hydrogen-bond acceptors (Lipinski definition) is 7. The van der Waals surface area contributed by atoms with Gasteiger partial charge in [-0.05, 0) is 30.6 Å². The van der Waals surface area contributed by atoms with Crippen molar-refractivity contribution >= 4 is 27.6 Å². The molecule has 0 unspecified atom stereocenters. The molecule has 0 radical (unpaired) electrons. The Morgan fingerprint density at radius 2 is 2.03 bits per heavy atom. The molecule has 0 bridgehead atoms. The van der Waals surface area contributed by atoms with Crippen LogP contribution in [0.3, 0.4) is 0 Å². The third kappa shape index (κ3) is 6.24. The van der Waals surface area contributed by atoms with Crippen LogP contribution in [-0.4, -0.2) is 48.4 Å². The van der Waals surface area contributed by atoms with Gasteiger partial charge < -0.3 is 31.6 Å². The Balaban J connectivity index is 2.15. The Kier molecular flexibility index (Phi) is 6.82. The number of nitrogens with one attached hydrogen (secondary N) is 4. The van der Waals surface area contributed by atoms with Gasteiger partial charge in [-0.2, -0.15) is 8.42 Å². The molecule has 158 valence electrons. The van der Waals surface area contributed by atoms with E-state index in [4.69, 9.17) is 16.3 Å². The molecule has 1 amide bonds. The van der Waals surface area contributed by atoms with Crippen LogP contribution in [0.25, 0.3) is 0 Å². The Labute approximate surface area is 166 Å². The minimum absolute atomic E-state index is 0.0245. The van der Waals surface area contributed by atoms with Gasteiger partial charge in [-0.25, -0.2) is 4.98 Å². The lowest BCUT2D eigenvalue weighted by molar-refractivity contribution is -0.120. The molecule has 13 nitrogen and oxygen atoms in total. The first-order chi connectivity index (χ1) is 13.6. The number of hydrogen-bond donors (Lipinski definition) is 6. The topological polar surface area (TPSA) is 210 Å². The molecule has 2 rings (SSSR count). The standard InChI is InChI=1S/C15H22N8O5S/c1-8-5-10(6-11(24)18-3-4-28-22-15(16)17)13(14(25)20-8)23-29(26,27)12-7-19-9(2)21-12/h5,7,23H,3-4,6H2,1-2H3,(H,18,24)(H,19,21)(H,20,25)(H4,16,17,22). The molecule has 29 heavy (non-hydrogen) atoms. The average molecular weight is 426 g/mol. The molecule has 2 aromatic rings. The minimum Gasteiger partial charge on any atom is -0.391 e. The maximum Gasteiger partial charge on any atom is 0.279 e. The van der Waals surface area contributed by atoms with Crippen molar-refractivity contribution < 1.29 is 18.0 Å². The molecular formula is C15H22N8O5S. The maximum atomic E-state index is 12.5. The number of carbonyl (C=O) groups is 1. The summed E-state index contributed by atoms with van der Waals surface area (Å²) in [6, 6.07) is 1.51. The van der Waals surface area contributed by atoms with Gasteiger partial charge in [-0.3, -0.25) is 14.3 Å². The zero-order valence-corrected chi connectivity index (χ0v) is 16.6. The molecule has 8 N–H and O–H groups in total. The van der Waals surface area contributed by atoms with Crippen LogP contribution in [0.15, 0.2) is 27.2 Å². The molecule has 0 aromatic carbocycles. The van der Waals surface area contributed by atoms with Crippen molar-refractivity contribution in [3.63, 3.8) is 0 Å². The smallest absolute Gasteiger partial charge is 0.279 e. The first-order valence-corrected chi connectivity index (χ1v) is 9.81.